The van der Waals surface area contributed by atoms with Gasteiger partial charge in [0.1, 0.15) is 17.3 Å². The molecule has 0 radical (unpaired) electrons. The first kappa shape index (κ1) is 30.5. The van der Waals surface area contributed by atoms with Gasteiger partial charge in [-0.3, -0.25) is 4.90 Å². The maximum atomic E-state index is 6.92. The molecule has 4 nitrogen and oxygen atoms in total. The quantitative estimate of drug-likeness (QED) is 0.173. The number of hydrogen-bond donors (Lipinski definition) is 0. The Morgan fingerprint density at radius 3 is 1.96 bits per heavy atom. The minimum Gasteiger partial charge on any atom is -0.458 e. The van der Waals surface area contributed by atoms with Gasteiger partial charge in [0.2, 0.25) is 0 Å². The number of anilines is 6. The Labute approximate surface area is 304 Å². The fourth-order valence-electron chi connectivity index (χ4n) is 8.67. The maximum Gasteiger partial charge on any atom is 0.260 e. The zero-order chi connectivity index (χ0) is 34.5. The van der Waals surface area contributed by atoms with Crippen molar-refractivity contribution in [2.75, 3.05) is 9.80 Å². The molecule has 2 aromatic heterocycles. The molecule has 0 bridgehead atoms. The molecular weight excluding hydrogens is 641 g/mol. The highest BCUT2D eigenvalue weighted by Crippen LogP contribution is 2.50. The van der Waals surface area contributed by atoms with Crippen LogP contribution in [0.15, 0.2) is 134 Å². The Kier molecular flexibility index (Phi) is 6.63. The second-order valence-electron chi connectivity index (χ2n) is 15.5. The lowest BCUT2D eigenvalue weighted by atomic mass is 9.34. The minimum atomic E-state index is -0.00694. The van der Waals surface area contributed by atoms with Crippen LogP contribution in [0.3, 0.4) is 0 Å². The molecule has 7 aromatic rings. The van der Waals surface area contributed by atoms with E-state index in [0.717, 1.165) is 58.4 Å². The first-order chi connectivity index (χ1) is 24.8. The number of thiophene rings is 1. The Balaban J connectivity index is 1.24. The van der Waals surface area contributed by atoms with Gasteiger partial charge < -0.3 is 9.64 Å². The van der Waals surface area contributed by atoms with E-state index in [1.165, 1.54) is 37.1 Å². The number of aromatic nitrogens is 1. The van der Waals surface area contributed by atoms with Gasteiger partial charge >= 0.3 is 0 Å². The fraction of sp³-hybridized carbons (Fsp3) is 0.178. The Morgan fingerprint density at radius 2 is 1.29 bits per heavy atom. The third kappa shape index (κ3) is 4.62. The molecule has 0 atom stereocenters. The summed E-state index contributed by atoms with van der Waals surface area (Å²) in [6.45, 7) is 9.59. The molecule has 4 heterocycles. The normalized spacial score (nSPS) is 16.1. The standard InChI is InChI=1S/C45H38BN3OS/c1-44(2)23-24-45(3,4)35-28-38-36(27-34(35)44)46-40-33-21-20-32(48(29-14-8-5-9-15-29)30-16-10-6-11-17-30)26-39(33)51-43(40)49(31-18-12-7-13-19-31)42-41(46)37(50-38)22-25-47-42/h5-22,25-28H,23-24H2,1-4H3. The third-order valence-corrected chi connectivity index (χ3v) is 12.6. The van der Waals surface area contributed by atoms with Crippen LogP contribution in [0.1, 0.15) is 51.7 Å². The zero-order valence-corrected chi connectivity index (χ0v) is 30.2. The molecule has 0 saturated heterocycles. The molecule has 0 amide bonds. The van der Waals surface area contributed by atoms with Crippen LogP contribution in [0.4, 0.5) is 33.6 Å². The van der Waals surface area contributed by atoms with Crippen LogP contribution >= 0.6 is 11.3 Å². The smallest absolute Gasteiger partial charge is 0.260 e. The van der Waals surface area contributed by atoms with Crippen LogP contribution in [-0.4, -0.2) is 11.7 Å². The summed E-state index contributed by atoms with van der Waals surface area (Å²) < 4.78 is 8.17. The molecule has 0 N–H and O–H groups in total. The molecule has 0 saturated carbocycles. The molecule has 3 aliphatic rings. The van der Waals surface area contributed by atoms with Crippen molar-refractivity contribution in [3.05, 3.63) is 145 Å². The Hall–Kier alpha value is -5.33. The molecule has 2 aliphatic heterocycles. The van der Waals surface area contributed by atoms with Gasteiger partial charge in [-0.05, 0) is 112 Å². The van der Waals surface area contributed by atoms with Crippen LogP contribution in [0, 0.1) is 0 Å². The Bertz CT molecular complexity index is 2440. The number of pyridine rings is 1. The zero-order valence-electron chi connectivity index (χ0n) is 29.4. The van der Waals surface area contributed by atoms with E-state index in [-0.39, 0.29) is 17.5 Å². The van der Waals surface area contributed by atoms with Crippen LogP contribution in [0.25, 0.3) is 10.1 Å². The number of ether oxygens (including phenoxy) is 1. The summed E-state index contributed by atoms with van der Waals surface area (Å²) in [7, 11) is 0. The largest absolute Gasteiger partial charge is 0.458 e. The van der Waals surface area contributed by atoms with E-state index in [0.29, 0.717) is 0 Å². The van der Waals surface area contributed by atoms with Gasteiger partial charge in [-0.25, -0.2) is 4.98 Å². The van der Waals surface area contributed by atoms with E-state index in [4.69, 9.17) is 9.72 Å². The van der Waals surface area contributed by atoms with Gasteiger partial charge in [0, 0.05) is 39.1 Å². The SMILES string of the molecule is CC1(C)CCC(C)(C)c2cc3c(cc21)Oc1ccnc2c1B3c1c(sc3cc(N(c4ccccc4)c4ccccc4)ccc13)N2c1ccccc1. The molecular formula is C45H38BN3OS. The van der Waals surface area contributed by atoms with Gasteiger partial charge in [0.25, 0.3) is 6.71 Å². The van der Waals surface area contributed by atoms with Crippen molar-refractivity contribution in [3.63, 3.8) is 0 Å². The van der Waals surface area contributed by atoms with E-state index in [9.17, 15) is 0 Å². The van der Waals surface area contributed by atoms with E-state index in [2.05, 4.69) is 165 Å². The van der Waals surface area contributed by atoms with Gasteiger partial charge in [-0.2, -0.15) is 0 Å². The van der Waals surface area contributed by atoms with Gasteiger partial charge in [0.05, 0.1) is 5.00 Å². The number of fused-ring (bicyclic) bond motifs is 7. The van der Waals surface area contributed by atoms with E-state index >= 15 is 0 Å². The van der Waals surface area contributed by atoms with Crippen molar-refractivity contribution >= 4 is 78.1 Å². The van der Waals surface area contributed by atoms with Crippen molar-refractivity contribution in [2.24, 2.45) is 0 Å². The Morgan fingerprint density at radius 1 is 0.667 bits per heavy atom. The molecule has 6 heteroatoms. The maximum absolute atomic E-state index is 6.92. The van der Waals surface area contributed by atoms with E-state index < -0.39 is 0 Å². The van der Waals surface area contributed by atoms with E-state index in [1.807, 2.05) is 17.5 Å². The molecule has 5 aromatic carbocycles. The number of nitrogens with zero attached hydrogens (tertiary/aromatic N) is 3. The van der Waals surface area contributed by atoms with Crippen LogP contribution in [0.5, 0.6) is 11.5 Å². The van der Waals surface area contributed by atoms with Crippen molar-refractivity contribution in [2.45, 2.75) is 51.4 Å². The summed E-state index contributed by atoms with van der Waals surface area (Å²) in [6, 6.07) is 45.9. The van der Waals surface area contributed by atoms with Crippen LogP contribution in [0.2, 0.25) is 0 Å². The summed E-state index contributed by atoms with van der Waals surface area (Å²) in [5.41, 5.74) is 11.2. The van der Waals surface area contributed by atoms with Crippen molar-refractivity contribution in [1.82, 2.24) is 4.98 Å². The molecule has 0 fully saturated rings. The van der Waals surface area contributed by atoms with Gasteiger partial charge in [0.15, 0.2) is 0 Å². The van der Waals surface area contributed by atoms with Gasteiger partial charge in [-0.1, -0.05) is 94.4 Å². The highest BCUT2D eigenvalue weighted by atomic mass is 32.1. The molecule has 51 heavy (non-hydrogen) atoms. The second kappa shape index (κ2) is 11.1. The topological polar surface area (TPSA) is 28.6 Å². The van der Waals surface area contributed by atoms with Crippen LogP contribution < -0.4 is 30.9 Å². The molecule has 1 aliphatic carbocycles. The third-order valence-electron chi connectivity index (χ3n) is 11.4. The number of benzene rings is 5. The molecule has 0 spiro atoms. The minimum absolute atomic E-state index is 0.00694. The summed E-state index contributed by atoms with van der Waals surface area (Å²) >= 11 is 1.86. The lowest BCUT2D eigenvalue weighted by molar-refractivity contribution is 0.330. The average Bonchev–Trinajstić information content (AvgIpc) is 3.53. The number of hydrogen-bond acceptors (Lipinski definition) is 5. The highest BCUT2D eigenvalue weighted by molar-refractivity contribution is 7.26. The lowest BCUT2D eigenvalue weighted by Crippen LogP contribution is -2.59. The first-order valence-corrected chi connectivity index (χ1v) is 18.8. The fourth-order valence-corrected chi connectivity index (χ4v) is 9.97. The van der Waals surface area contributed by atoms with Gasteiger partial charge in [-0.15, -0.1) is 11.3 Å². The average molecular weight is 680 g/mol. The summed E-state index contributed by atoms with van der Waals surface area (Å²) in [6.07, 6.45) is 4.24. The van der Waals surface area contributed by atoms with Crippen molar-refractivity contribution < 1.29 is 4.74 Å². The second-order valence-corrected chi connectivity index (χ2v) is 16.5. The number of para-hydroxylation sites is 3. The van der Waals surface area contributed by atoms with E-state index in [1.54, 1.807) is 0 Å². The van der Waals surface area contributed by atoms with Crippen molar-refractivity contribution in [1.29, 1.82) is 0 Å². The first-order valence-electron chi connectivity index (χ1n) is 18.0. The lowest BCUT2D eigenvalue weighted by Gasteiger charge is -2.44. The summed E-state index contributed by atoms with van der Waals surface area (Å²) in [5, 5.41) is 2.49. The van der Waals surface area contributed by atoms with Crippen molar-refractivity contribution in [3.8, 4) is 11.5 Å². The summed E-state index contributed by atoms with van der Waals surface area (Å²) in [5.74, 6) is 2.82. The van der Waals surface area contributed by atoms with Crippen LogP contribution in [-0.2, 0) is 10.8 Å². The predicted octanol–water partition coefficient (Wildman–Crippen LogP) is 10.5. The molecule has 0 unspecified atom stereocenters. The molecule has 248 valence electrons. The predicted molar refractivity (Wildman–Crippen MR) is 215 cm³/mol. The molecule has 10 rings (SSSR count). The number of rotatable bonds is 4. The monoisotopic (exact) mass is 679 g/mol. The summed E-state index contributed by atoms with van der Waals surface area (Å²) in [4.78, 5) is 9.83. The highest BCUT2D eigenvalue weighted by Gasteiger charge is 2.47.